The summed E-state index contributed by atoms with van der Waals surface area (Å²) in [7, 11) is 0. The first kappa shape index (κ1) is 17.9. The van der Waals surface area contributed by atoms with Crippen LogP contribution in [0.5, 0.6) is 5.88 Å². The molecule has 0 spiro atoms. The number of pyridine rings is 1. The van der Waals surface area contributed by atoms with Crippen molar-refractivity contribution in [1.29, 1.82) is 5.26 Å². The molecule has 5 heteroatoms. The summed E-state index contributed by atoms with van der Waals surface area (Å²) in [4.78, 5) is 16.8. The van der Waals surface area contributed by atoms with Crippen molar-refractivity contribution in [3.8, 4) is 23.2 Å². The first-order chi connectivity index (χ1) is 12.8. The van der Waals surface area contributed by atoms with E-state index in [0.29, 0.717) is 24.4 Å². The lowest BCUT2D eigenvalue weighted by Crippen LogP contribution is -2.24. The van der Waals surface area contributed by atoms with Gasteiger partial charge in [-0.3, -0.25) is 4.79 Å². The maximum atomic E-state index is 12.2. The number of carbonyl (C=O) groups is 1. The molecule has 0 saturated heterocycles. The zero-order valence-electron chi connectivity index (χ0n) is 14.8. The van der Waals surface area contributed by atoms with Crippen molar-refractivity contribution in [2.24, 2.45) is 0 Å². The van der Waals surface area contributed by atoms with Crippen LogP contribution < -0.4 is 10.1 Å². The van der Waals surface area contributed by atoms with Gasteiger partial charge in [-0.15, -0.1) is 0 Å². The lowest BCUT2D eigenvalue weighted by molar-refractivity contribution is 0.0954. The van der Waals surface area contributed by atoms with E-state index in [0.717, 1.165) is 24.1 Å². The number of nitrogens with one attached hydrogen (secondary N) is 1. The van der Waals surface area contributed by atoms with Gasteiger partial charge in [-0.05, 0) is 43.9 Å². The molecule has 0 bridgehead atoms. The Balaban J connectivity index is 1.72. The highest BCUT2D eigenvalue weighted by molar-refractivity contribution is 5.95. The molecule has 1 heterocycles. The van der Waals surface area contributed by atoms with Crippen LogP contribution in [0.1, 0.15) is 48.9 Å². The quantitative estimate of drug-likeness (QED) is 0.797. The molecule has 0 aliphatic heterocycles. The number of hydrogen-bond acceptors (Lipinski definition) is 4. The number of benzene rings is 1. The molecule has 5 nitrogen and oxygen atoms in total. The Morgan fingerprint density at radius 3 is 2.81 bits per heavy atom. The van der Waals surface area contributed by atoms with Crippen molar-refractivity contribution in [3.63, 3.8) is 0 Å². The van der Waals surface area contributed by atoms with Crippen LogP contribution in [-0.4, -0.2) is 23.5 Å². The first-order valence-corrected chi connectivity index (χ1v) is 9.15. The van der Waals surface area contributed by atoms with E-state index >= 15 is 0 Å². The molecule has 1 aliphatic rings. The number of nitrogens with zero attached hydrogens (tertiary/aromatic N) is 2. The van der Waals surface area contributed by atoms with Crippen molar-refractivity contribution < 1.29 is 9.53 Å². The highest BCUT2D eigenvalue weighted by Crippen LogP contribution is 2.25. The fourth-order valence-electron chi connectivity index (χ4n) is 3.15. The maximum absolute atomic E-state index is 12.2. The average Bonchev–Trinajstić information content (AvgIpc) is 2.69. The molecule has 1 N–H and O–H groups in total. The Hall–Kier alpha value is -2.87. The average molecular weight is 349 g/mol. The summed E-state index contributed by atoms with van der Waals surface area (Å²) >= 11 is 0. The molecule has 0 radical (unpaired) electrons. The molecule has 1 amide bonds. The summed E-state index contributed by atoms with van der Waals surface area (Å²) in [6.45, 7) is 0.350. The standard InChI is InChI=1S/C21H23N3O2/c22-13-6-14-23-21(25)17-8-4-7-16(15-17)19-11-5-12-20(24-19)26-18-9-2-1-3-10-18/h4-5,7-8,11-12,15,18H,1-3,6,9-10,14H2,(H,23,25). The predicted molar refractivity (Wildman–Crippen MR) is 99.7 cm³/mol. The lowest BCUT2D eigenvalue weighted by atomic mass is 9.98. The molecule has 1 fully saturated rings. The summed E-state index contributed by atoms with van der Waals surface area (Å²) in [5.74, 6) is 0.454. The van der Waals surface area contributed by atoms with E-state index in [-0.39, 0.29) is 12.0 Å². The Morgan fingerprint density at radius 1 is 1.19 bits per heavy atom. The molecule has 3 rings (SSSR count). The Kier molecular flexibility index (Phi) is 6.21. The van der Waals surface area contributed by atoms with Crippen molar-refractivity contribution in [1.82, 2.24) is 10.3 Å². The third-order valence-corrected chi connectivity index (χ3v) is 4.51. The van der Waals surface area contributed by atoms with E-state index in [2.05, 4.69) is 10.3 Å². The van der Waals surface area contributed by atoms with Crippen LogP contribution in [0.25, 0.3) is 11.3 Å². The smallest absolute Gasteiger partial charge is 0.251 e. The number of aromatic nitrogens is 1. The largest absolute Gasteiger partial charge is 0.474 e. The molecular weight excluding hydrogens is 326 g/mol. The number of amides is 1. The fourth-order valence-corrected chi connectivity index (χ4v) is 3.15. The fraction of sp³-hybridized carbons (Fsp3) is 0.381. The zero-order chi connectivity index (χ0) is 18.2. The minimum atomic E-state index is -0.184. The van der Waals surface area contributed by atoms with Crippen LogP contribution in [0.15, 0.2) is 42.5 Å². The van der Waals surface area contributed by atoms with Crippen molar-refractivity contribution in [3.05, 3.63) is 48.0 Å². The van der Waals surface area contributed by atoms with E-state index in [4.69, 9.17) is 10.00 Å². The number of ether oxygens (including phenoxy) is 1. The highest BCUT2D eigenvalue weighted by Gasteiger charge is 2.15. The predicted octanol–water partition coefficient (Wildman–Crippen LogP) is 4.10. The van der Waals surface area contributed by atoms with Crippen molar-refractivity contribution >= 4 is 5.91 Å². The third kappa shape index (κ3) is 4.82. The molecule has 0 atom stereocenters. The minimum Gasteiger partial charge on any atom is -0.474 e. The van der Waals surface area contributed by atoms with E-state index in [1.165, 1.54) is 19.3 Å². The van der Waals surface area contributed by atoms with Gasteiger partial charge in [0.15, 0.2) is 0 Å². The van der Waals surface area contributed by atoms with Gasteiger partial charge in [-0.25, -0.2) is 4.98 Å². The van der Waals surface area contributed by atoms with Crippen LogP contribution in [-0.2, 0) is 0 Å². The van der Waals surface area contributed by atoms with Crippen LogP contribution >= 0.6 is 0 Å². The van der Waals surface area contributed by atoms with E-state index in [9.17, 15) is 4.79 Å². The Morgan fingerprint density at radius 2 is 2.00 bits per heavy atom. The van der Waals surface area contributed by atoms with E-state index in [1.807, 2.05) is 42.5 Å². The second-order valence-electron chi connectivity index (χ2n) is 6.48. The number of hydrogen-bond donors (Lipinski definition) is 1. The van der Waals surface area contributed by atoms with Gasteiger partial charge in [-0.2, -0.15) is 5.26 Å². The number of carbonyl (C=O) groups excluding carboxylic acids is 1. The van der Waals surface area contributed by atoms with Gasteiger partial charge in [-0.1, -0.05) is 24.6 Å². The molecule has 1 aliphatic carbocycles. The molecule has 1 aromatic heterocycles. The Labute approximate surface area is 154 Å². The second-order valence-corrected chi connectivity index (χ2v) is 6.48. The molecular formula is C21H23N3O2. The summed E-state index contributed by atoms with van der Waals surface area (Å²) in [5.41, 5.74) is 2.21. The first-order valence-electron chi connectivity index (χ1n) is 9.15. The van der Waals surface area contributed by atoms with Crippen LogP contribution in [0, 0.1) is 11.3 Å². The van der Waals surface area contributed by atoms with Gasteiger partial charge in [0, 0.05) is 23.7 Å². The zero-order valence-corrected chi connectivity index (χ0v) is 14.8. The van der Waals surface area contributed by atoms with Gasteiger partial charge in [0.25, 0.3) is 5.91 Å². The molecule has 2 aromatic rings. The van der Waals surface area contributed by atoms with E-state index in [1.54, 1.807) is 6.07 Å². The molecule has 1 aromatic carbocycles. The maximum Gasteiger partial charge on any atom is 0.251 e. The van der Waals surface area contributed by atoms with Gasteiger partial charge in [0.2, 0.25) is 5.88 Å². The van der Waals surface area contributed by atoms with E-state index < -0.39 is 0 Å². The lowest BCUT2D eigenvalue weighted by Gasteiger charge is -2.22. The topological polar surface area (TPSA) is 75.0 Å². The molecule has 0 unspecified atom stereocenters. The minimum absolute atomic E-state index is 0.184. The summed E-state index contributed by atoms with van der Waals surface area (Å²) in [5, 5.41) is 11.3. The number of nitriles is 1. The van der Waals surface area contributed by atoms with Crippen molar-refractivity contribution in [2.45, 2.75) is 44.6 Å². The van der Waals surface area contributed by atoms with Gasteiger partial charge >= 0.3 is 0 Å². The van der Waals surface area contributed by atoms with Gasteiger partial charge < -0.3 is 10.1 Å². The Bertz CT molecular complexity index is 792. The molecule has 26 heavy (non-hydrogen) atoms. The molecule has 134 valence electrons. The molecule has 1 saturated carbocycles. The highest BCUT2D eigenvalue weighted by atomic mass is 16.5. The summed E-state index contributed by atoms with van der Waals surface area (Å²) in [6, 6.07) is 15.1. The number of rotatable bonds is 6. The summed E-state index contributed by atoms with van der Waals surface area (Å²) in [6.07, 6.45) is 6.45. The van der Waals surface area contributed by atoms with Gasteiger partial charge in [0.1, 0.15) is 6.10 Å². The normalized spacial score (nSPS) is 14.4. The third-order valence-electron chi connectivity index (χ3n) is 4.51. The van der Waals surface area contributed by atoms with Crippen LogP contribution in [0.4, 0.5) is 0 Å². The SMILES string of the molecule is N#CCCNC(=O)c1cccc(-c2cccc(OC3CCCCC3)n2)c1. The van der Waals surface area contributed by atoms with Gasteiger partial charge in [0.05, 0.1) is 18.2 Å². The summed E-state index contributed by atoms with van der Waals surface area (Å²) < 4.78 is 6.04. The monoisotopic (exact) mass is 349 g/mol. The van der Waals surface area contributed by atoms with Crippen molar-refractivity contribution in [2.75, 3.05) is 6.54 Å². The van der Waals surface area contributed by atoms with Crippen LogP contribution in [0.3, 0.4) is 0 Å². The van der Waals surface area contributed by atoms with Crippen LogP contribution in [0.2, 0.25) is 0 Å². The second kappa shape index (κ2) is 9.00.